The fraction of sp³-hybridized carbons (Fsp3) is 0.474. The first-order valence-corrected chi connectivity index (χ1v) is 17.5. The Morgan fingerprint density at radius 1 is 1.04 bits per heavy atom. The maximum absolute atomic E-state index is 13.8. The van der Waals surface area contributed by atoms with Gasteiger partial charge in [-0.3, -0.25) is 4.79 Å². The third kappa shape index (κ3) is 7.63. The summed E-state index contributed by atoms with van der Waals surface area (Å²) in [6, 6.07) is 7.70. The van der Waals surface area contributed by atoms with E-state index >= 15 is 0 Å². The minimum atomic E-state index is -1.74. The smallest absolute Gasteiger partial charge is 0.331 e. The highest BCUT2D eigenvalue weighted by atomic mass is 16.8. The summed E-state index contributed by atoms with van der Waals surface area (Å²) in [6.45, 7) is 2.90. The van der Waals surface area contributed by atoms with Gasteiger partial charge in [-0.15, -0.1) is 6.58 Å². The molecule has 2 fully saturated rings. The summed E-state index contributed by atoms with van der Waals surface area (Å²) in [5.74, 6) is -1.44. The second-order valence-electron chi connectivity index (χ2n) is 13.3. The van der Waals surface area contributed by atoms with Crippen molar-refractivity contribution in [2.24, 2.45) is 11.8 Å². The molecule has 16 nitrogen and oxygen atoms in total. The Hall–Kier alpha value is -4.68. The van der Waals surface area contributed by atoms with Crippen LogP contribution in [-0.4, -0.2) is 131 Å². The molecule has 2 aromatic carbocycles. The molecule has 6 rings (SSSR count). The highest BCUT2D eigenvalue weighted by Gasteiger charge is 2.52. The number of esters is 1. The third-order valence-electron chi connectivity index (χ3n) is 10.2. The number of methoxy groups -OCH3 is 2. The van der Waals surface area contributed by atoms with Gasteiger partial charge < -0.3 is 68.7 Å². The zero-order chi connectivity index (χ0) is 38.7. The molecule has 0 spiro atoms. The molecule has 4 aliphatic heterocycles. The van der Waals surface area contributed by atoms with E-state index in [1.165, 1.54) is 32.6 Å². The molecule has 0 aromatic heterocycles. The van der Waals surface area contributed by atoms with Crippen LogP contribution in [0, 0.1) is 11.8 Å². The summed E-state index contributed by atoms with van der Waals surface area (Å²) in [5.41, 5.74) is 2.66. The summed E-state index contributed by atoms with van der Waals surface area (Å²) in [5, 5.41) is 60.9. The molecular formula is C38H45NO15. The summed E-state index contributed by atoms with van der Waals surface area (Å²) in [6.07, 6.45) is -3.45. The largest absolute Gasteiger partial charge is 0.504 e. The summed E-state index contributed by atoms with van der Waals surface area (Å²) in [7, 11) is 2.87. The number of aromatic hydroxyl groups is 1. The van der Waals surface area contributed by atoms with Gasteiger partial charge in [0, 0.05) is 24.5 Å². The zero-order valence-electron chi connectivity index (χ0n) is 29.7. The molecule has 0 aliphatic carbocycles. The Morgan fingerprint density at radius 2 is 1.80 bits per heavy atom. The average Bonchev–Trinajstić information content (AvgIpc) is 3.18. The van der Waals surface area contributed by atoms with Crippen LogP contribution in [0.3, 0.4) is 0 Å². The number of carbonyl (C=O) groups excluding carboxylic acids is 2. The topological polar surface area (TPSA) is 223 Å². The number of rotatable bonds is 13. The van der Waals surface area contributed by atoms with Crippen LogP contribution in [0.25, 0.3) is 6.08 Å². The Labute approximate surface area is 311 Å². The second kappa shape index (κ2) is 16.8. The van der Waals surface area contributed by atoms with Crippen LogP contribution in [0.5, 0.6) is 23.0 Å². The van der Waals surface area contributed by atoms with Crippen LogP contribution in [0.2, 0.25) is 0 Å². The summed E-state index contributed by atoms with van der Waals surface area (Å²) in [4.78, 5) is 28.7. The number of ether oxygens (including phenoxy) is 7. The van der Waals surface area contributed by atoms with Crippen molar-refractivity contribution in [1.29, 1.82) is 0 Å². The van der Waals surface area contributed by atoms with E-state index in [9.17, 15) is 40.2 Å². The first kappa shape index (κ1) is 39.0. The van der Waals surface area contributed by atoms with Crippen molar-refractivity contribution >= 4 is 18.0 Å². The van der Waals surface area contributed by atoms with Gasteiger partial charge in [-0.2, -0.15) is 0 Å². The number of hydrogen-bond acceptors (Lipinski definition) is 15. The maximum atomic E-state index is 13.8. The number of piperidine rings is 1. The van der Waals surface area contributed by atoms with Gasteiger partial charge in [-0.25, -0.2) is 4.79 Å². The number of aliphatic hydroxyl groups is 5. The SMILES string of the molecule is C=CC1C(OC2OC(CO)C(O)C(O)C2OC(=O)C=Cc2ccc(OC(CO)CO)c(OC)c2)OC=C2C(=O)N3CCc4cc(OC)c(O)cc4C3CC21. The normalized spacial score (nSPS) is 29.0. The van der Waals surface area contributed by atoms with Crippen LogP contribution in [-0.2, 0) is 35.0 Å². The van der Waals surface area contributed by atoms with Gasteiger partial charge in [0.1, 0.15) is 24.4 Å². The summed E-state index contributed by atoms with van der Waals surface area (Å²) < 4.78 is 39.7. The van der Waals surface area contributed by atoms with Crippen LogP contribution < -0.4 is 14.2 Å². The van der Waals surface area contributed by atoms with Gasteiger partial charge in [-0.05, 0) is 59.9 Å². The molecule has 4 aliphatic rings. The van der Waals surface area contributed by atoms with Crippen molar-refractivity contribution in [2.45, 2.75) is 62.0 Å². The highest BCUT2D eigenvalue weighted by molar-refractivity contribution is 5.95. The van der Waals surface area contributed by atoms with Gasteiger partial charge in [0.05, 0.1) is 51.9 Å². The number of nitrogens with zero attached hydrogens (tertiary/aromatic N) is 1. The standard InChI is InChI=1S/C38H45NO15/c1-4-22-24-13-26-23-14-27(43)29(48-2)12-20(23)9-10-39(26)36(47)25(24)18-50-37(22)54-38-35(34(46)33(45)31(17-42)52-38)53-32(44)8-6-19-5-7-28(30(11-19)49-3)51-21(15-40)16-41/h4-8,11-12,14,18,21-22,24,26,31,33-35,37-38,40-43,45-46H,1,9-10,13,15-17H2,2-3H3. The number of hydrogen-bond donors (Lipinski definition) is 6. The van der Waals surface area contributed by atoms with Crippen molar-refractivity contribution in [2.75, 3.05) is 40.6 Å². The lowest BCUT2D eigenvalue weighted by molar-refractivity contribution is -0.340. The van der Waals surface area contributed by atoms with E-state index < -0.39 is 80.7 Å². The van der Waals surface area contributed by atoms with E-state index in [0.29, 0.717) is 36.3 Å². The number of phenolic OH excluding ortho intramolecular Hbond substituents is 1. The lowest BCUT2D eigenvalue weighted by Gasteiger charge is -2.49. The fourth-order valence-electron chi connectivity index (χ4n) is 7.35. The van der Waals surface area contributed by atoms with Crippen LogP contribution in [0.15, 0.2) is 60.9 Å². The molecule has 0 bridgehead atoms. The van der Waals surface area contributed by atoms with Crippen molar-refractivity contribution < 1.29 is 73.4 Å². The number of phenols is 1. The monoisotopic (exact) mass is 755 g/mol. The molecule has 2 aromatic rings. The van der Waals surface area contributed by atoms with Crippen molar-refractivity contribution in [3.63, 3.8) is 0 Å². The molecule has 9 unspecified atom stereocenters. The fourth-order valence-corrected chi connectivity index (χ4v) is 7.35. The molecule has 0 radical (unpaired) electrons. The maximum Gasteiger partial charge on any atom is 0.331 e. The average molecular weight is 756 g/mol. The second-order valence-corrected chi connectivity index (χ2v) is 13.3. The predicted octanol–water partition coefficient (Wildman–Crippen LogP) is 0.710. The van der Waals surface area contributed by atoms with Gasteiger partial charge >= 0.3 is 5.97 Å². The molecule has 4 heterocycles. The molecule has 54 heavy (non-hydrogen) atoms. The van der Waals surface area contributed by atoms with Crippen molar-refractivity contribution in [1.82, 2.24) is 4.90 Å². The van der Waals surface area contributed by atoms with Gasteiger partial charge in [0.25, 0.3) is 5.91 Å². The molecule has 292 valence electrons. The first-order valence-electron chi connectivity index (χ1n) is 17.5. The Balaban J connectivity index is 1.20. The number of carbonyl (C=O) groups is 2. The van der Waals surface area contributed by atoms with E-state index in [1.807, 2.05) is 0 Å². The summed E-state index contributed by atoms with van der Waals surface area (Å²) >= 11 is 0. The quantitative estimate of drug-likeness (QED) is 0.0942. The lowest BCUT2D eigenvalue weighted by atomic mass is 9.73. The molecule has 2 saturated heterocycles. The number of aliphatic hydroxyl groups excluding tert-OH is 5. The predicted molar refractivity (Wildman–Crippen MR) is 187 cm³/mol. The molecular weight excluding hydrogens is 710 g/mol. The minimum Gasteiger partial charge on any atom is -0.504 e. The molecule has 9 atom stereocenters. The zero-order valence-corrected chi connectivity index (χ0v) is 29.7. The first-order chi connectivity index (χ1) is 26.0. The van der Waals surface area contributed by atoms with E-state index in [2.05, 4.69) is 6.58 Å². The molecule has 1 amide bonds. The number of fused-ring (bicyclic) bond motifs is 4. The Morgan fingerprint density at radius 3 is 2.48 bits per heavy atom. The van der Waals surface area contributed by atoms with E-state index in [0.717, 1.165) is 17.2 Å². The number of benzene rings is 2. The van der Waals surface area contributed by atoms with Gasteiger partial charge in [-0.1, -0.05) is 12.1 Å². The molecule has 16 heteroatoms. The van der Waals surface area contributed by atoms with Crippen LogP contribution in [0.1, 0.15) is 29.2 Å². The lowest BCUT2D eigenvalue weighted by Crippen LogP contribution is -2.61. The third-order valence-corrected chi connectivity index (χ3v) is 10.2. The molecule has 0 saturated carbocycles. The molecule has 6 N–H and O–H groups in total. The van der Waals surface area contributed by atoms with Crippen LogP contribution >= 0.6 is 0 Å². The van der Waals surface area contributed by atoms with E-state index in [4.69, 9.17) is 33.2 Å². The van der Waals surface area contributed by atoms with Gasteiger partial charge in [0.15, 0.2) is 29.1 Å². The van der Waals surface area contributed by atoms with Crippen molar-refractivity contribution in [3.8, 4) is 23.0 Å². The Bertz CT molecular complexity index is 1760. The van der Waals surface area contributed by atoms with E-state index in [-0.39, 0.29) is 29.2 Å². The minimum absolute atomic E-state index is 0.0391. The highest BCUT2D eigenvalue weighted by Crippen LogP contribution is 2.49. The van der Waals surface area contributed by atoms with Gasteiger partial charge in [0.2, 0.25) is 12.6 Å². The number of amides is 1. The Kier molecular flexibility index (Phi) is 12.1. The van der Waals surface area contributed by atoms with E-state index in [1.54, 1.807) is 35.2 Å². The van der Waals surface area contributed by atoms with Crippen molar-refractivity contribution in [3.05, 3.63) is 77.6 Å². The van der Waals surface area contributed by atoms with Crippen LogP contribution in [0.4, 0.5) is 0 Å².